The lowest BCUT2D eigenvalue weighted by Crippen LogP contribution is -2.47. The highest BCUT2D eigenvalue weighted by atomic mass is 32.2. The minimum atomic E-state index is -3.78. The minimum absolute atomic E-state index is 0.00601. The Bertz CT molecular complexity index is 1710. The number of benzene rings is 3. The van der Waals surface area contributed by atoms with Crippen LogP contribution in [-0.4, -0.2) is 91.0 Å². The summed E-state index contributed by atoms with van der Waals surface area (Å²) in [5.41, 5.74) is 7.89. The first-order valence-corrected chi connectivity index (χ1v) is 18.1. The predicted molar refractivity (Wildman–Crippen MR) is 174 cm³/mol. The lowest BCUT2D eigenvalue weighted by molar-refractivity contribution is -0.0312. The highest BCUT2D eigenvalue weighted by molar-refractivity contribution is 7.89. The molecular weight excluding hydrogens is 633 g/mol. The van der Waals surface area contributed by atoms with Crippen molar-refractivity contribution in [3.05, 3.63) is 72.3 Å². The number of hydrogen-bond donors (Lipinski definition) is 4. The number of sulfonamides is 2. The zero-order valence-corrected chi connectivity index (χ0v) is 27.6. The molecule has 14 heteroatoms. The molecule has 2 fully saturated rings. The summed E-state index contributed by atoms with van der Waals surface area (Å²) in [4.78, 5) is 0.258. The first-order valence-electron chi connectivity index (χ1n) is 15.2. The third kappa shape index (κ3) is 7.89. The van der Waals surface area contributed by atoms with E-state index in [-0.39, 0.29) is 29.0 Å². The summed E-state index contributed by atoms with van der Waals surface area (Å²) in [5, 5.41) is 13.8. The van der Waals surface area contributed by atoms with E-state index < -0.39 is 31.8 Å². The molecule has 250 valence electrons. The van der Waals surface area contributed by atoms with Crippen LogP contribution < -0.4 is 25.2 Å². The van der Waals surface area contributed by atoms with Gasteiger partial charge in [-0.3, -0.25) is 0 Å². The molecule has 0 radical (unpaired) electrons. The van der Waals surface area contributed by atoms with Gasteiger partial charge in [0.1, 0.15) is 24.2 Å². The van der Waals surface area contributed by atoms with E-state index in [1.165, 1.54) is 30.6 Å². The highest BCUT2D eigenvalue weighted by Crippen LogP contribution is 2.38. The fourth-order valence-electron chi connectivity index (χ4n) is 5.85. The maximum absolute atomic E-state index is 13.8. The quantitative estimate of drug-likeness (QED) is 0.211. The number of rotatable bonds is 13. The van der Waals surface area contributed by atoms with Gasteiger partial charge in [-0.25, -0.2) is 21.6 Å². The highest BCUT2D eigenvalue weighted by Gasteiger charge is 2.44. The van der Waals surface area contributed by atoms with Crippen molar-refractivity contribution >= 4 is 20.0 Å². The van der Waals surface area contributed by atoms with Gasteiger partial charge < -0.3 is 30.4 Å². The third-order valence-corrected chi connectivity index (χ3v) is 11.9. The van der Waals surface area contributed by atoms with Crippen molar-refractivity contribution in [2.24, 2.45) is 5.73 Å². The van der Waals surface area contributed by atoms with Crippen LogP contribution in [0.3, 0.4) is 0 Å². The molecule has 0 aliphatic carbocycles. The lowest BCUT2D eigenvalue weighted by Gasteiger charge is -2.38. The van der Waals surface area contributed by atoms with E-state index in [0.717, 1.165) is 16.7 Å². The van der Waals surface area contributed by atoms with Crippen molar-refractivity contribution in [3.63, 3.8) is 0 Å². The molecule has 12 nitrogen and oxygen atoms in total. The average Bonchev–Trinajstić information content (AvgIpc) is 3.48. The summed E-state index contributed by atoms with van der Waals surface area (Å²) >= 11 is 0. The van der Waals surface area contributed by atoms with E-state index in [1.807, 2.05) is 30.3 Å². The third-order valence-electron chi connectivity index (χ3n) is 8.59. The Morgan fingerprint density at radius 1 is 1.00 bits per heavy atom. The fourth-order valence-corrected chi connectivity index (χ4v) is 8.12. The van der Waals surface area contributed by atoms with Gasteiger partial charge in [0.25, 0.3) is 0 Å². The number of nitrogens with two attached hydrogens (primary N) is 1. The fraction of sp³-hybridized carbons (Fsp3) is 0.438. The van der Waals surface area contributed by atoms with Crippen molar-refractivity contribution in [3.8, 4) is 22.6 Å². The minimum Gasteiger partial charge on any atom is -0.497 e. The van der Waals surface area contributed by atoms with Crippen LogP contribution >= 0.6 is 0 Å². The molecule has 2 aliphatic rings. The van der Waals surface area contributed by atoms with Gasteiger partial charge in [0.2, 0.25) is 20.0 Å². The average molecular weight is 675 g/mol. The van der Waals surface area contributed by atoms with E-state index in [1.54, 1.807) is 24.3 Å². The summed E-state index contributed by atoms with van der Waals surface area (Å²) in [5.74, 6) is 0.801. The van der Waals surface area contributed by atoms with Crippen molar-refractivity contribution in [1.82, 2.24) is 14.3 Å². The molecule has 46 heavy (non-hydrogen) atoms. The van der Waals surface area contributed by atoms with Gasteiger partial charge in [-0.15, -0.1) is 0 Å². The Hall–Kier alpha value is -3.08. The second-order valence-corrected chi connectivity index (χ2v) is 15.5. The molecule has 3 aromatic carbocycles. The monoisotopic (exact) mass is 674 g/mol. The molecule has 2 aliphatic heterocycles. The van der Waals surface area contributed by atoms with Crippen molar-refractivity contribution in [2.75, 3.05) is 47.0 Å². The molecule has 0 aromatic heterocycles. The van der Waals surface area contributed by atoms with Crippen LogP contribution in [0.4, 0.5) is 0 Å². The molecular formula is C32H42N4O8S2. The SMILES string of the molecule is CNS(=O)(=O)c1cccc(OCC(O)CN[C@@H]2COC3(CCN(S(=O)(=O)c4cc(OC)cc(-c5ccc(CN)cc5)c4)CC3)C2)c1. The number of hydrogen-bond acceptors (Lipinski definition) is 10. The van der Waals surface area contributed by atoms with Gasteiger partial charge in [-0.1, -0.05) is 30.3 Å². The Balaban J connectivity index is 1.14. The number of methoxy groups -OCH3 is 1. The van der Waals surface area contributed by atoms with Crippen LogP contribution in [0.25, 0.3) is 11.1 Å². The smallest absolute Gasteiger partial charge is 0.243 e. The largest absolute Gasteiger partial charge is 0.497 e. The first kappa shape index (κ1) is 34.3. The van der Waals surface area contributed by atoms with Crippen LogP contribution in [0.1, 0.15) is 24.8 Å². The normalized spacial score (nSPS) is 19.3. The van der Waals surface area contributed by atoms with Gasteiger partial charge in [-0.2, -0.15) is 4.31 Å². The Morgan fingerprint density at radius 2 is 1.72 bits per heavy atom. The van der Waals surface area contributed by atoms with Gasteiger partial charge in [0.15, 0.2) is 0 Å². The van der Waals surface area contributed by atoms with E-state index in [4.69, 9.17) is 19.9 Å². The van der Waals surface area contributed by atoms with Crippen LogP contribution in [0.5, 0.6) is 11.5 Å². The van der Waals surface area contributed by atoms with E-state index in [2.05, 4.69) is 10.0 Å². The Kier molecular flexibility index (Phi) is 10.7. The summed E-state index contributed by atoms with van der Waals surface area (Å²) in [6.07, 6.45) is 0.971. The molecule has 1 spiro atoms. The standard InChI is InChI=1S/C32H42N4O8S2/c1-34-45(38,39)30-5-3-4-28(16-30)43-22-27(37)20-35-26-18-32(44-21-26)10-12-36(13-11-32)46(40,41)31-15-25(14-29(17-31)42-2)24-8-6-23(19-33)7-9-24/h3-9,14-17,26-27,34-35,37H,10-13,18-22,33H2,1-2H3/t26-,27?/m0/s1. The van der Waals surface area contributed by atoms with Crippen molar-refractivity contribution < 1.29 is 36.2 Å². The number of aliphatic hydroxyl groups excluding tert-OH is 1. The molecule has 5 rings (SSSR count). The maximum Gasteiger partial charge on any atom is 0.243 e. The zero-order valence-electron chi connectivity index (χ0n) is 26.0. The van der Waals surface area contributed by atoms with E-state index >= 15 is 0 Å². The van der Waals surface area contributed by atoms with E-state index in [0.29, 0.717) is 57.0 Å². The van der Waals surface area contributed by atoms with E-state index in [9.17, 15) is 21.9 Å². The van der Waals surface area contributed by atoms with Crippen molar-refractivity contribution in [2.45, 2.75) is 53.3 Å². The Morgan fingerprint density at radius 3 is 2.39 bits per heavy atom. The molecule has 2 atom stereocenters. The number of nitrogens with one attached hydrogen (secondary N) is 2. The first-order chi connectivity index (χ1) is 22.0. The maximum atomic E-state index is 13.8. The summed E-state index contributed by atoms with van der Waals surface area (Å²) in [6.45, 7) is 1.76. The van der Waals surface area contributed by atoms with Gasteiger partial charge in [-0.05, 0) is 67.3 Å². The number of piperidine rings is 1. The van der Waals surface area contributed by atoms with Crippen molar-refractivity contribution in [1.29, 1.82) is 0 Å². The number of aliphatic hydroxyl groups is 1. The van der Waals surface area contributed by atoms with Crippen LogP contribution in [-0.2, 0) is 31.3 Å². The summed E-state index contributed by atoms with van der Waals surface area (Å²) in [6, 6.07) is 18.8. The molecule has 0 amide bonds. The molecule has 2 heterocycles. The molecule has 3 aromatic rings. The lowest BCUT2D eigenvalue weighted by atomic mass is 9.88. The van der Waals surface area contributed by atoms with Crippen LogP contribution in [0, 0.1) is 0 Å². The Labute approximate surface area is 270 Å². The van der Waals surface area contributed by atoms with Gasteiger partial charge >= 0.3 is 0 Å². The summed E-state index contributed by atoms with van der Waals surface area (Å²) < 4.78 is 72.6. The zero-order chi connectivity index (χ0) is 33.0. The molecule has 5 N–H and O–H groups in total. The molecule has 2 saturated heterocycles. The van der Waals surface area contributed by atoms with Crippen LogP contribution in [0.15, 0.2) is 76.5 Å². The van der Waals surface area contributed by atoms with Crippen LogP contribution in [0.2, 0.25) is 0 Å². The second kappa shape index (κ2) is 14.4. The number of nitrogens with zero attached hydrogens (tertiary/aromatic N) is 1. The topological polar surface area (TPSA) is 170 Å². The summed E-state index contributed by atoms with van der Waals surface area (Å²) in [7, 11) is -4.53. The molecule has 0 saturated carbocycles. The molecule has 0 bridgehead atoms. The van der Waals surface area contributed by atoms with Gasteiger partial charge in [0, 0.05) is 44.4 Å². The van der Waals surface area contributed by atoms with Gasteiger partial charge in [0.05, 0.1) is 29.1 Å². The second-order valence-electron chi connectivity index (χ2n) is 11.7. The number of ether oxygens (including phenoxy) is 3. The molecule has 1 unspecified atom stereocenters. The predicted octanol–water partition coefficient (Wildman–Crippen LogP) is 2.07.